The van der Waals surface area contributed by atoms with E-state index in [0.717, 1.165) is 32.2 Å². The Morgan fingerprint density at radius 3 is 2.60 bits per heavy atom. The summed E-state index contributed by atoms with van der Waals surface area (Å²) in [5.41, 5.74) is 8.20. The minimum absolute atomic E-state index is 0.0887. The maximum atomic E-state index is 11.3. The van der Waals surface area contributed by atoms with Crippen LogP contribution in [-0.4, -0.2) is 10.5 Å². The number of aryl methyl sites for hydroxylation is 1. The van der Waals surface area contributed by atoms with Gasteiger partial charge in [-0.1, -0.05) is 18.2 Å². The zero-order valence-corrected chi connectivity index (χ0v) is 12.0. The lowest BCUT2D eigenvalue weighted by molar-refractivity contribution is -0.122. The van der Waals surface area contributed by atoms with E-state index in [9.17, 15) is 4.79 Å². The lowest BCUT2D eigenvalue weighted by Gasteiger charge is -2.26. The summed E-state index contributed by atoms with van der Waals surface area (Å²) < 4.78 is 2.32. The van der Waals surface area contributed by atoms with E-state index in [1.165, 1.54) is 16.5 Å². The van der Waals surface area contributed by atoms with Gasteiger partial charge in [0.2, 0.25) is 5.91 Å². The van der Waals surface area contributed by atoms with Crippen LogP contribution in [0.5, 0.6) is 0 Å². The molecule has 2 aromatic rings. The van der Waals surface area contributed by atoms with Gasteiger partial charge in [0.1, 0.15) is 0 Å². The van der Waals surface area contributed by atoms with Crippen LogP contribution in [0.3, 0.4) is 0 Å². The molecule has 2 N–H and O–H groups in total. The Balaban J connectivity index is 1.90. The summed E-state index contributed by atoms with van der Waals surface area (Å²) in [6.07, 6.45) is 6.33. The van der Waals surface area contributed by atoms with Crippen molar-refractivity contribution >= 4 is 16.8 Å². The van der Waals surface area contributed by atoms with E-state index in [2.05, 4.69) is 42.0 Å². The van der Waals surface area contributed by atoms with Gasteiger partial charge >= 0.3 is 0 Å². The van der Waals surface area contributed by atoms with Crippen molar-refractivity contribution in [3.8, 4) is 0 Å². The fourth-order valence-corrected chi connectivity index (χ4v) is 3.55. The highest BCUT2D eigenvalue weighted by Gasteiger charge is 2.27. The molecule has 1 aliphatic carbocycles. The summed E-state index contributed by atoms with van der Waals surface area (Å²) in [4.78, 5) is 11.3. The first-order chi connectivity index (χ1) is 9.70. The molecule has 0 aliphatic heterocycles. The molecule has 1 fully saturated rings. The maximum Gasteiger partial charge on any atom is 0.220 e. The highest BCUT2D eigenvalue weighted by molar-refractivity contribution is 5.84. The van der Waals surface area contributed by atoms with Gasteiger partial charge in [-0.15, -0.1) is 0 Å². The Bertz CT molecular complexity index is 621. The van der Waals surface area contributed by atoms with Crippen LogP contribution in [0.15, 0.2) is 30.5 Å². The number of rotatable bonds is 3. The summed E-state index contributed by atoms with van der Waals surface area (Å²) in [5.74, 6) is 0.536. The highest BCUT2D eigenvalue weighted by Crippen LogP contribution is 2.39. The van der Waals surface area contributed by atoms with E-state index in [1.807, 2.05) is 0 Å². The van der Waals surface area contributed by atoms with Gasteiger partial charge in [-0.05, 0) is 50.2 Å². The van der Waals surface area contributed by atoms with Gasteiger partial charge in [-0.3, -0.25) is 4.79 Å². The van der Waals surface area contributed by atoms with Crippen LogP contribution in [0.4, 0.5) is 0 Å². The van der Waals surface area contributed by atoms with Gasteiger partial charge in [0.05, 0.1) is 0 Å². The first kappa shape index (κ1) is 13.2. The van der Waals surface area contributed by atoms with Crippen LogP contribution in [0.2, 0.25) is 0 Å². The second kappa shape index (κ2) is 5.31. The van der Waals surface area contributed by atoms with E-state index in [0.29, 0.717) is 5.92 Å². The fourth-order valence-electron chi connectivity index (χ4n) is 3.55. The van der Waals surface area contributed by atoms with Crippen molar-refractivity contribution in [2.24, 2.45) is 11.7 Å². The van der Waals surface area contributed by atoms with E-state index in [4.69, 9.17) is 5.73 Å². The van der Waals surface area contributed by atoms with Crippen LogP contribution in [0.25, 0.3) is 10.9 Å². The van der Waals surface area contributed by atoms with Gasteiger partial charge in [-0.25, -0.2) is 0 Å². The minimum atomic E-state index is -0.126. The Morgan fingerprint density at radius 1 is 1.25 bits per heavy atom. The van der Waals surface area contributed by atoms with Crippen LogP contribution in [-0.2, 0) is 11.3 Å². The average molecular weight is 270 g/mol. The third-order valence-electron chi connectivity index (χ3n) is 4.73. The Kier molecular flexibility index (Phi) is 3.51. The predicted molar refractivity (Wildman–Crippen MR) is 81.5 cm³/mol. The largest absolute Gasteiger partial charge is 0.369 e. The SMILES string of the molecule is CCn1cc(C2CCC(C(N)=O)CC2)c2ccccc21. The number of carbonyl (C=O) groups excluding carboxylic acids is 1. The van der Waals surface area contributed by atoms with Crippen LogP contribution in [0.1, 0.15) is 44.1 Å². The molecule has 0 bridgehead atoms. The van der Waals surface area contributed by atoms with Crippen molar-refractivity contribution in [3.63, 3.8) is 0 Å². The topological polar surface area (TPSA) is 48.0 Å². The zero-order valence-electron chi connectivity index (χ0n) is 12.0. The number of hydrogen-bond donors (Lipinski definition) is 1. The summed E-state index contributed by atoms with van der Waals surface area (Å²) >= 11 is 0. The quantitative estimate of drug-likeness (QED) is 0.912. The number of nitrogens with zero attached hydrogens (tertiary/aromatic N) is 1. The summed E-state index contributed by atoms with van der Waals surface area (Å²) in [7, 11) is 0. The molecule has 1 aromatic carbocycles. The third kappa shape index (κ3) is 2.21. The average Bonchev–Trinajstić information content (AvgIpc) is 2.86. The number of amides is 1. The summed E-state index contributed by atoms with van der Waals surface area (Å²) in [6.45, 7) is 3.18. The molecule has 1 heterocycles. The standard InChI is InChI=1S/C17H22N2O/c1-2-19-11-15(14-5-3-4-6-16(14)19)12-7-9-13(10-8-12)17(18)20/h3-6,11-13H,2,7-10H2,1H3,(H2,18,20). The molecule has 1 saturated carbocycles. The van der Waals surface area contributed by atoms with E-state index < -0.39 is 0 Å². The number of fused-ring (bicyclic) bond motifs is 1. The molecule has 0 spiro atoms. The second-order valence-electron chi connectivity index (χ2n) is 5.84. The molecule has 3 rings (SSSR count). The van der Waals surface area contributed by atoms with Crippen LogP contribution in [0, 0.1) is 5.92 Å². The predicted octanol–water partition coefficient (Wildman–Crippen LogP) is 3.42. The van der Waals surface area contributed by atoms with Crippen molar-refractivity contribution in [1.82, 2.24) is 4.57 Å². The molecule has 1 aliphatic rings. The van der Waals surface area contributed by atoms with Crippen LogP contribution >= 0.6 is 0 Å². The monoisotopic (exact) mass is 270 g/mol. The van der Waals surface area contributed by atoms with Gasteiger partial charge in [0, 0.05) is 29.6 Å². The number of hydrogen-bond acceptors (Lipinski definition) is 1. The molecule has 20 heavy (non-hydrogen) atoms. The number of nitrogens with two attached hydrogens (primary N) is 1. The van der Waals surface area contributed by atoms with E-state index in [1.54, 1.807) is 0 Å². The Hall–Kier alpha value is -1.77. The minimum Gasteiger partial charge on any atom is -0.369 e. The lowest BCUT2D eigenvalue weighted by Crippen LogP contribution is -2.27. The number of para-hydroxylation sites is 1. The lowest BCUT2D eigenvalue weighted by atomic mass is 9.78. The Morgan fingerprint density at radius 2 is 1.95 bits per heavy atom. The molecular formula is C17H22N2O. The molecule has 106 valence electrons. The van der Waals surface area contributed by atoms with Crippen molar-refractivity contribution in [3.05, 3.63) is 36.0 Å². The van der Waals surface area contributed by atoms with Crippen molar-refractivity contribution < 1.29 is 4.79 Å². The molecule has 0 atom stereocenters. The van der Waals surface area contributed by atoms with Gasteiger partial charge in [0.25, 0.3) is 0 Å². The molecule has 3 nitrogen and oxygen atoms in total. The first-order valence-electron chi connectivity index (χ1n) is 7.57. The van der Waals surface area contributed by atoms with Crippen LogP contribution < -0.4 is 5.73 Å². The smallest absolute Gasteiger partial charge is 0.220 e. The number of carbonyl (C=O) groups is 1. The maximum absolute atomic E-state index is 11.3. The van der Waals surface area contributed by atoms with Gasteiger partial charge < -0.3 is 10.3 Å². The second-order valence-corrected chi connectivity index (χ2v) is 5.84. The fraction of sp³-hybridized carbons (Fsp3) is 0.471. The molecule has 0 unspecified atom stereocenters. The highest BCUT2D eigenvalue weighted by atomic mass is 16.1. The molecule has 1 aromatic heterocycles. The normalized spacial score (nSPS) is 23.1. The number of primary amides is 1. The number of benzene rings is 1. The van der Waals surface area contributed by atoms with Crippen molar-refractivity contribution in [2.75, 3.05) is 0 Å². The van der Waals surface area contributed by atoms with Crippen molar-refractivity contribution in [1.29, 1.82) is 0 Å². The molecule has 0 saturated heterocycles. The van der Waals surface area contributed by atoms with E-state index in [-0.39, 0.29) is 11.8 Å². The van der Waals surface area contributed by atoms with Gasteiger partial charge in [0.15, 0.2) is 0 Å². The molecular weight excluding hydrogens is 248 g/mol. The summed E-state index contributed by atoms with van der Waals surface area (Å²) in [5, 5.41) is 1.37. The Labute approximate surface area is 119 Å². The van der Waals surface area contributed by atoms with Crippen molar-refractivity contribution in [2.45, 2.75) is 45.1 Å². The zero-order chi connectivity index (χ0) is 14.1. The third-order valence-corrected chi connectivity index (χ3v) is 4.73. The summed E-state index contributed by atoms with van der Waals surface area (Å²) in [6, 6.07) is 8.62. The molecule has 1 amide bonds. The van der Waals surface area contributed by atoms with Gasteiger partial charge in [-0.2, -0.15) is 0 Å². The van der Waals surface area contributed by atoms with E-state index >= 15 is 0 Å². The molecule has 0 radical (unpaired) electrons. The number of aromatic nitrogens is 1. The molecule has 3 heteroatoms. The first-order valence-corrected chi connectivity index (χ1v) is 7.57.